The second-order valence-electron chi connectivity index (χ2n) is 5.19. The Kier molecular flexibility index (Phi) is 4.08. The molecule has 0 aliphatic heterocycles. The molecule has 118 valence electrons. The molecule has 0 bridgehead atoms. The molecule has 0 aliphatic carbocycles. The van der Waals surface area contributed by atoms with Gasteiger partial charge in [0.05, 0.1) is 17.1 Å². The van der Waals surface area contributed by atoms with Crippen molar-refractivity contribution in [1.82, 2.24) is 10.3 Å². The highest BCUT2D eigenvalue weighted by Crippen LogP contribution is 2.22. The molecule has 1 aromatic heterocycles. The van der Waals surface area contributed by atoms with Gasteiger partial charge in [-0.1, -0.05) is 18.2 Å². The summed E-state index contributed by atoms with van der Waals surface area (Å²) in [6.45, 7) is 0.253. The van der Waals surface area contributed by atoms with Crippen molar-refractivity contribution in [3.63, 3.8) is 0 Å². The molecular formula is C18H12FN3O2. The van der Waals surface area contributed by atoms with Crippen molar-refractivity contribution >= 4 is 16.8 Å². The molecule has 0 aliphatic rings. The zero-order chi connectivity index (χ0) is 17.1. The first kappa shape index (κ1) is 15.4. The molecule has 0 fully saturated rings. The van der Waals surface area contributed by atoms with Gasteiger partial charge in [0, 0.05) is 18.0 Å². The van der Waals surface area contributed by atoms with Crippen molar-refractivity contribution in [3.05, 3.63) is 71.2 Å². The van der Waals surface area contributed by atoms with Gasteiger partial charge in [0.25, 0.3) is 5.91 Å². The smallest absolute Gasteiger partial charge is 0.270 e. The molecule has 1 amide bonds. The summed E-state index contributed by atoms with van der Waals surface area (Å²) < 4.78 is 13.3. The molecule has 3 aromatic rings. The topological polar surface area (TPSA) is 86.0 Å². The number of benzene rings is 2. The standard InChI is InChI=1S/C18H12FN3O2/c19-14-7-13-4-5-15(22-16(13)8-17(14)23)18(24)21-10-12-3-1-2-11(6-12)9-20/h1-8,23H,10H2,(H,21,24). The van der Waals surface area contributed by atoms with E-state index in [4.69, 9.17) is 5.26 Å². The lowest BCUT2D eigenvalue weighted by molar-refractivity contribution is 0.0946. The summed E-state index contributed by atoms with van der Waals surface area (Å²) in [6, 6.07) is 14.3. The van der Waals surface area contributed by atoms with Crippen molar-refractivity contribution in [2.45, 2.75) is 6.54 Å². The molecule has 6 heteroatoms. The summed E-state index contributed by atoms with van der Waals surface area (Å²) >= 11 is 0. The predicted octanol–water partition coefficient (Wildman–Crippen LogP) is 2.88. The molecule has 0 radical (unpaired) electrons. The number of carbonyl (C=O) groups is 1. The number of phenolic OH excluding ortho intramolecular Hbond substituents is 1. The Hall–Kier alpha value is -3.46. The summed E-state index contributed by atoms with van der Waals surface area (Å²) in [4.78, 5) is 16.3. The number of phenols is 1. The Morgan fingerprint density at radius 2 is 2.08 bits per heavy atom. The lowest BCUT2D eigenvalue weighted by Gasteiger charge is -2.07. The summed E-state index contributed by atoms with van der Waals surface area (Å²) in [5.74, 6) is -1.65. The molecule has 5 nitrogen and oxygen atoms in total. The van der Waals surface area contributed by atoms with Gasteiger partial charge >= 0.3 is 0 Å². The number of nitriles is 1. The molecule has 0 saturated heterocycles. The highest BCUT2D eigenvalue weighted by Gasteiger charge is 2.10. The van der Waals surface area contributed by atoms with Crippen LogP contribution in [0.2, 0.25) is 0 Å². The van der Waals surface area contributed by atoms with E-state index in [1.807, 2.05) is 6.07 Å². The molecule has 2 N–H and O–H groups in total. The van der Waals surface area contributed by atoms with E-state index in [1.165, 1.54) is 12.1 Å². The van der Waals surface area contributed by atoms with Crippen LogP contribution in [0.4, 0.5) is 4.39 Å². The van der Waals surface area contributed by atoms with E-state index in [0.717, 1.165) is 11.6 Å². The summed E-state index contributed by atoms with van der Waals surface area (Å²) in [5.41, 5.74) is 1.80. The fraction of sp³-hybridized carbons (Fsp3) is 0.0556. The first-order valence-electron chi connectivity index (χ1n) is 7.13. The number of aromatic hydroxyl groups is 1. The van der Waals surface area contributed by atoms with Crippen molar-refractivity contribution in [2.24, 2.45) is 0 Å². The van der Waals surface area contributed by atoms with Gasteiger partial charge in [0.1, 0.15) is 5.69 Å². The van der Waals surface area contributed by atoms with E-state index in [2.05, 4.69) is 10.3 Å². The van der Waals surface area contributed by atoms with Crippen LogP contribution in [0.1, 0.15) is 21.6 Å². The number of aromatic nitrogens is 1. The molecule has 1 heterocycles. The van der Waals surface area contributed by atoms with Gasteiger partial charge in [-0.2, -0.15) is 5.26 Å². The molecule has 24 heavy (non-hydrogen) atoms. The average Bonchev–Trinajstić information content (AvgIpc) is 2.60. The SMILES string of the molecule is N#Cc1cccc(CNC(=O)c2ccc3cc(F)c(O)cc3n2)c1. The second-order valence-corrected chi connectivity index (χ2v) is 5.19. The highest BCUT2D eigenvalue weighted by molar-refractivity contribution is 5.95. The Morgan fingerprint density at radius 3 is 2.88 bits per heavy atom. The Morgan fingerprint density at radius 1 is 1.25 bits per heavy atom. The van der Waals surface area contributed by atoms with E-state index in [0.29, 0.717) is 16.5 Å². The van der Waals surface area contributed by atoms with Crippen LogP contribution in [-0.2, 0) is 6.54 Å². The van der Waals surface area contributed by atoms with Gasteiger partial charge in [0.2, 0.25) is 0 Å². The Balaban J connectivity index is 1.78. The van der Waals surface area contributed by atoms with E-state index >= 15 is 0 Å². The minimum absolute atomic E-state index is 0.157. The average molecular weight is 321 g/mol. The molecule has 2 aromatic carbocycles. The number of hydrogen-bond donors (Lipinski definition) is 2. The van der Waals surface area contributed by atoms with E-state index < -0.39 is 17.5 Å². The van der Waals surface area contributed by atoms with Crippen molar-refractivity contribution in [1.29, 1.82) is 5.26 Å². The number of pyridine rings is 1. The van der Waals surface area contributed by atoms with E-state index in [1.54, 1.807) is 30.3 Å². The number of rotatable bonds is 3. The van der Waals surface area contributed by atoms with Crippen LogP contribution in [0.15, 0.2) is 48.5 Å². The highest BCUT2D eigenvalue weighted by atomic mass is 19.1. The summed E-state index contributed by atoms with van der Waals surface area (Å²) in [7, 11) is 0. The largest absolute Gasteiger partial charge is 0.505 e. The zero-order valence-corrected chi connectivity index (χ0v) is 12.5. The number of fused-ring (bicyclic) bond motifs is 1. The third kappa shape index (κ3) is 3.15. The fourth-order valence-electron chi connectivity index (χ4n) is 2.28. The number of carbonyl (C=O) groups excluding carboxylic acids is 1. The van der Waals surface area contributed by atoms with Crippen molar-refractivity contribution in [3.8, 4) is 11.8 Å². The number of nitrogens with one attached hydrogen (secondary N) is 1. The third-order valence-electron chi connectivity index (χ3n) is 3.50. The normalized spacial score (nSPS) is 10.3. The van der Waals surface area contributed by atoms with Gasteiger partial charge in [-0.15, -0.1) is 0 Å². The fourth-order valence-corrected chi connectivity index (χ4v) is 2.28. The number of nitrogens with zero attached hydrogens (tertiary/aromatic N) is 2. The van der Waals surface area contributed by atoms with E-state index in [-0.39, 0.29) is 12.2 Å². The van der Waals surface area contributed by atoms with Crippen LogP contribution >= 0.6 is 0 Å². The maximum absolute atomic E-state index is 13.3. The lowest BCUT2D eigenvalue weighted by atomic mass is 10.1. The lowest BCUT2D eigenvalue weighted by Crippen LogP contribution is -2.23. The minimum atomic E-state index is -0.737. The van der Waals surface area contributed by atoms with Crippen LogP contribution < -0.4 is 5.32 Å². The van der Waals surface area contributed by atoms with Crippen molar-refractivity contribution in [2.75, 3.05) is 0 Å². The number of amides is 1. The summed E-state index contributed by atoms with van der Waals surface area (Å²) in [5, 5.41) is 21.5. The first-order chi connectivity index (χ1) is 11.6. The minimum Gasteiger partial charge on any atom is -0.505 e. The van der Waals surface area contributed by atoms with Crippen LogP contribution in [0.25, 0.3) is 10.9 Å². The first-order valence-corrected chi connectivity index (χ1v) is 7.13. The quantitative estimate of drug-likeness (QED) is 0.776. The van der Waals surface area contributed by atoms with Crippen LogP contribution in [0, 0.1) is 17.1 Å². The van der Waals surface area contributed by atoms with Crippen LogP contribution in [0.3, 0.4) is 0 Å². The maximum atomic E-state index is 13.3. The zero-order valence-electron chi connectivity index (χ0n) is 12.5. The predicted molar refractivity (Wildman–Crippen MR) is 85.7 cm³/mol. The second kappa shape index (κ2) is 6.34. The van der Waals surface area contributed by atoms with Crippen molar-refractivity contribution < 1.29 is 14.3 Å². The van der Waals surface area contributed by atoms with Gasteiger partial charge in [-0.3, -0.25) is 4.79 Å². The molecule has 0 unspecified atom stereocenters. The maximum Gasteiger partial charge on any atom is 0.270 e. The third-order valence-corrected chi connectivity index (χ3v) is 3.50. The van der Waals surface area contributed by atoms with Crippen LogP contribution in [-0.4, -0.2) is 16.0 Å². The van der Waals surface area contributed by atoms with Gasteiger partial charge in [0.15, 0.2) is 11.6 Å². The van der Waals surface area contributed by atoms with Crippen LogP contribution in [0.5, 0.6) is 5.75 Å². The molecule has 0 spiro atoms. The number of hydrogen-bond acceptors (Lipinski definition) is 4. The Labute approximate surface area is 137 Å². The molecule has 0 saturated carbocycles. The van der Waals surface area contributed by atoms with E-state index in [9.17, 15) is 14.3 Å². The van der Waals surface area contributed by atoms with Gasteiger partial charge in [-0.25, -0.2) is 9.37 Å². The number of halogens is 1. The molecular weight excluding hydrogens is 309 g/mol. The molecule has 3 rings (SSSR count). The Bertz CT molecular complexity index is 980. The monoisotopic (exact) mass is 321 g/mol. The molecule has 0 atom stereocenters. The summed E-state index contributed by atoms with van der Waals surface area (Å²) in [6.07, 6.45) is 0. The van der Waals surface area contributed by atoms with Gasteiger partial charge in [-0.05, 0) is 29.8 Å². The van der Waals surface area contributed by atoms with Gasteiger partial charge < -0.3 is 10.4 Å².